The first-order valence-corrected chi connectivity index (χ1v) is 8.93. The van der Waals surface area contributed by atoms with Crippen molar-refractivity contribution in [3.8, 4) is 11.3 Å². The Labute approximate surface area is 161 Å². The van der Waals surface area contributed by atoms with Crippen LogP contribution in [0.1, 0.15) is 35.6 Å². The maximum Gasteiger partial charge on any atom is 0.268 e. The monoisotopic (exact) mass is 377 g/mol. The number of carbonyl (C=O) groups excluding carboxylic acids is 1. The summed E-state index contributed by atoms with van der Waals surface area (Å²) in [5, 5.41) is 10.6. The number of fused-ring (bicyclic) bond motifs is 1. The summed E-state index contributed by atoms with van der Waals surface area (Å²) in [7, 11) is 0. The van der Waals surface area contributed by atoms with Crippen molar-refractivity contribution in [2.75, 3.05) is 0 Å². The van der Waals surface area contributed by atoms with Gasteiger partial charge in [0, 0.05) is 22.2 Å². The number of rotatable bonds is 4. The largest absolute Gasteiger partial charge is 0.342 e. The predicted molar refractivity (Wildman–Crippen MR) is 105 cm³/mol. The predicted octanol–water partition coefficient (Wildman–Crippen LogP) is 4.07. The molecule has 0 bridgehead atoms. The summed E-state index contributed by atoms with van der Waals surface area (Å²) < 4.78 is 14.1. The van der Waals surface area contributed by atoms with Gasteiger partial charge >= 0.3 is 0 Å². The van der Waals surface area contributed by atoms with Crippen LogP contribution in [0.3, 0.4) is 0 Å². The minimum absolute atomic E-state index is 0.327. The number of aromatic amines is 2. The highest BCUT2D eigenvalue weighted by atomic mass is 19.1. The van der Waals surface area contributed by atoms with E-state index in [1.165, 1.54) is 6.07 Å². The highest BCUT2D eigenvalue weighted by molar-refractivity contribution is 5.98. The first-order chi connectivity index (χ1) is 13.3. The van der Waals surface area contributed by atoms with Crippen molar-refractivity contribution in [1.29, 1.82) is 0 Å². The standard InChI is InChI=1S/C21H20FN5O/c1-12-14(11-23-27-12)17-9-8-13-10-18(25-19(13)24-17)20(28)26-21(2,3)15-6-4-5-7-16(15)22/h4-11H,1-3H3,(H,23,27)(H,24,25)(H,26,28). The molecule has 0 aliphatic carbocycles. The molecule has 0 saturated carbocycles. The maximum absolute atomic E-state index is 14.1. The van der Waals surface area contributed by atoms with E-state index in [-0.39, 0.29) is 11.7 Å². The van der Waals surface area contributed by atoms with Crippen LogP contribution in [0.25, 0.3) is 22.3 Å². The first kappa shape index (κ1) is 17.9. The normalized spacial score (nSPS) is 11.7. The van der Waals surface area contributed by atoms with Crippen molar-refractivity contribution in [1.82, 2.24) is 25.5 Å². The van der Waals surface area contributed by atoms with Crippen LogP contribution in [-0.2, 0) is 5.54 Å². The molecule has 4 aromatic rings. The Balaban J connectivity index is 1.63. The van der Waals surface area contributed by atoms with Gasteiger partial charge in [-0.1, -0.05) is 18.2 Å². The average Bonchev–Trinajstić information content (AvgIpc) is 3.26. The number of pyridine rings is 1. The molecule has 0 unspecified atom stereocenters. The lowest BCUT2D eigenvalue weighted by molar-refractivity contribution is 0.0906. The van der Waals surface area contributed by atoms with E-state index in [1.54, 1.807) is 44.3 Å². The van der Waals surface area contributed by atoms with E-state index in [0.29, 0.717) is 16.9 Å². The molecule has 1 aromatic carbocycles. The SMILES string of the molecule is Cc1[nH]ncc1-c1ccc2cc(C(=O)NC(C)(C)c3ccccc3F)[nH]c2n1. The van der Waals surface area contributed by atoms with Gasteiger partial charge in [0.2, 0.25) is 0 Å². The summed E-state index contributed by atoms with van der Waals surface area (Å²) in [6.07, 6.45) is 1.72. The number of hydrogen-bond donors (Lipinski definition) is 3. The van der Waals surface area contributed by atoms with Gasteiger partial charge in [0.15, 0.2) is 0 Å². The summed E-state index contributed by atoms with van der Waals surface area (Å²) in [4.78, 5) is 20.4. The Hall–Kier alpha value is -3.48. The molecule has 3 aromatic heterocycles. The van der Waals surface area contributed by atoms with Gasteiger partial charge in [0.25, 0.3) is 5.91 Å². The van der Waals surface area contributed by atoms with Gasteiger partial charge in [-0.25, -0.2) is 9.37 Å². The van der Waals surface area contributed by atoms with E-state index in [1.807, 2.05) is 19.1 Å². The van der Waals surface area contributed by atoms with Crippen LogP contribution in [0.5, 0.6) is 0 Å². The average molecular weight is 377 g/mol. The molecule has 0 spiro atoms. The summed E-state index contributed by atoms with van der Waals surface area (Å²) in [6.45, 7) is 5.46. The number of halogens is 1. The zero-order valence-corrected chi connectivity index (χ0v) is 15.8. The smallest absolute Gasteiger partial charge is 0.268 e. The molecule has 0 aliphatic rings. The Morgan fingerprint density at radius 3 is 2.68 bits per heavy atom. The molecular weight excluding hydrogens is 357 g/mol. The van der Waals surface area contributed by atoms with E-state index in [4.69, 9.17) is 0 Å². The van der Waals surface area contributed by atoms with Crippen LogP contribution < -0.4 is 5.32 Å². The number of hydrogen-bond acceptors (Lipinski definition) is 3. The van der Waals surface area contributed by atoms with Crippen molar-refractivity contribution < 1.29 is 9.18 Å². The molecule has 3 heterocycles. The molecule has 0 radical (unpaired) electrons. The fourth-order valence-electron chi connectivity index (χ4n) is 3.27. The minimum Gasteiger partial charge on any atom is -0.342 e. The second-order valence-electron chi connectivity index (χ2n) is 7.28. The highest BCUT2D eigenvalue weighted by Crippen LogP contribution is 2.25. The van der Waals surface area contributed by atoms with Crippen LogP contribution in [0.4, 0.5) is 4.39 Å². The molecule has 7 heteroatoms. The topological polar surface area (TPSA) is 86.5 Å². The van der Waals surface area contributed by atoms with Gasteiger partial charge in [-0.05, 0) is 45.0 Å². The molecule has 0 aliphatic heterocycles. The van der Waals surface area contributed by atoms with E-state index < -0.39 is 5.54 Å². The van der Waals surface area contributed by atoms with E-state index >= 15 is 0 Å². The first-order valence-electron chi connectivity index (χ1n) is 8.93. The molecule has 0 atom stereocenters. The van der Waals surface area contributed by atoms with Crippen LogP contribution in [-0.4, -0.2) is 26.1 Å². The van der Waals surface area contributed by atoms with Crippen LogP contribution in [0.15, 0.2) is 48.7 Å². The fourth-order valence-corrected chi connectivity index (χ4v) is 3.27. The Kier molecular flexibility index (Phi) is 4.22. The Bertz CT molecular complexity index is 1170. The van der Waals surface area contributed by atoms with Gasteiger partial charge in [-0.15, -0.1) is 0 Å². The second kappa shape index (κ2) is 6.60. The van der Waals surface area contributed by atoms with Gasteiger partial charge in [0.05, 0.1) is 17.4 Å². The maximum atomic E-state index is 14.1. The van der Waals surface area contributed by atoms with Crippen LogP contribution in [0, 0.1) is 12.7 Å². The quantitative estimate of drug-likeness (QED) is 0.501. The Morgan fingerprint density at radius 1 is 1.18 bits per heavy atom. The lowest BCUT2D eigenvalue weighted by Gasteiger charge is -2.27. The fraction of sp³-hybridized carbons (Fsp3) is 0.190. The summed E-state index contributed by atoms with van der Waals surface area (Å²) >= 11 is 0. The van der Waals surface area contributed by atoms with E-state index in [9.17, 15) is 9.18 Å². The number of carbonyl (C=O) groups is 1. The van der Waals surface area contributed by atoms with Crippen molar-refractivity contribution in [2.45, 2.75) is 26.3 Å². The van der Waals surface area contributed by atoms with Gasteiger partial charge in [-0.3, -0.25) is 9.89 Å². The highest BCUT2D eigenvalue weighted by Gasteiger charge is 2.27. The number of benzene rings is 1. The Morgan fingerprint density at radius 2 is 1.96 bits per heavy atom. The molecule has 0 fully saturated rings. The molecule has 6 nitrogen and oxygen atoms in total. The van der Waals surface area contributed by atoms with Gasteiger partial charge in [0.1, 0.15) is 17.2 Å². The minimum atomic E-state index is -0.869. The third-order valence-corrected chi connectivity index (χ3v) is 4.80. The summed E-state index contributed by atoms with van der Waals surface area (Å²) in [5.74, 6) is -0.682. The number of aromatic nitrogens is 4. The van der Waals surface area contributed by atoms with Crippen molar-refractivity contribution >= 4 is 16.9 Å². The number of amides is 1. The third-order valence-electron chi connectivity index (χ3n) is 4.80. The van der Waals surface area contributed by atoms with Crippen molar-refractivity contribution in [3.05, 3.63) is 71.4 Å². The third kappa shape index (κ3) is 3.15. The van der Waals surface area contributed by atoms with Gasteiger partial charge < -0.3 is 10.3 Å². The molecule has 3 N–H and O–H groups in total. The zero-order valence-electron chi connectivity index (χ0n) is 15.8. The lowest BCUT2D eigenvalue weighted by Crippen LogP contribution is -2.41. The molecule has 1 amide bonds. The molecule has 4 rings (SSSR count). The molecule has 28 heavy (non-hydrogen) atoms. The number of H-pyrrole nitrogens is 2. The molecule has 142 valence electrons. The molecule has 0 saturated heterocycles. The lowest BCUT2D eigenvalue weighted by atomic mass is 9.93. The van der Waals surface area contributed by atoms with E-state index in [2.05, 4.69) is 25.5 Å². The van der Waals surface area contributed by atoms with Gasteiger partial charge in [-0.2, -0.15) is 5.10 Å². The number of nitrogens with zero attached hydrogens (tertiary/aromatic N) is 2. The second-order valence-corrected chi connectivity index (χ2v) is 7.28. The van der Waals surface area contributed by atoms with Crippen LogP contribution in [0.2, 0.25) is 0 Å². The van der Waals surface area contributed by atoms with Crippen LogP contribution >= 0.6 is 0 Å². The summed E-state index contributed by atoms with van der Waals surface area (Å²) in [5.41, 5.74) is 3.12. The number of aryl methyl sites for hydroxylation is 1. The molecular formula is C21H20FN5O. The van der Waals surface area contributed by atoms with Crippen molar-refractivity contribution in [3.63, 3.8) is 0 Å². The summed E-state index contributed by atoms with van der Waals surface area (Å²) in [6, 6.07) is 12.0. The van der Waals surface area contributed by atoms with E-state index in [0.717, 1.165) is 22.3 Å². The zero-order chi connectivity index (χ0) is 19.9. The number of nitrogens with one attached hydrogen (secondary N) is 3. The van der Waals surface area contributed by atoms with Crippen molar-refractivity contribution in [2.24, 2.45) is 0 Å².